The molecule has 1 aromatic carbocycles. The SMILES string of the molecule is CNCC1CCN(C(=O)CCSc2ccc3c(c2)OCCCO3)C1.Cl. The van der Waals surface area contributed by atoms with Crippen molar-refractivity contribution in [2.45, 2.75) is 24.2 Å². The number of rotatable bonds is 6. The van der Waals surface area contributed by atoms with E-state index in [1.54, 1.807) is 11.8 Å². The van der Waals surface area contributed by atoms with Crippen molar-refractivity contribution in [3.05, 3.63) is 18.2 Å². The summed E-state index contributed by atoms with van der Waals surface area (Å²) in [4.78, 5) is 15.4. The number of nitrogens with zero attached hydrogens (tertiary/aromatic N) is 1. The summed E-state index contributed by atoms with van der Waals surface area (Å²) in [5, 5.41) is 3.20. The van der Waals surface area contributed by atoms with Crippen molar-refractivity contribution in [3.8, 4) is 11.5 Å². The van der Waals surface area contributed by atoms with Gasteiger partial charge < -0.3 is 19.7 Å². The molecule has 1 atom stereocenters. The molecule has 5 nitrogen and oxygen atoms in total. The van der Waals surface area contributed by atoms with Gasteiger partial charge in [-0.2, -0.15) is 0 Å². The van der Waals surface area contributed by atoms with Crippen LogP contribution in [0.2, 0.25) is 0 Å². The Hall–Kier alpha value is -1.11. The van der Waals surface area contributed by atoms with Crippen molar-refractivity contribution >= 4 is 30.1 Å². The standard InChI is InChI=1S/C18H26N2O3S.ClH/c1-19-12-14-5-7-20(13-14)18(21)6-10-24-15-3-4-16-17(11-15)23-9-2-8-22-16;/h3-4,11,14,19H,2,5-10,12-13H2,1H3;1H. The summed E-state index contributed by atoms with van der Waals surface area (Å²) in [5.74, 6) is 3.31. The molecule has 3 rings (SSSR count). The normalized spacial score (nSPS) is 19.2. The minimum atomic E-state index is 0. The number of halogens is 1. The van der Waals surface area contributed by atoms with Gasteiger partial charge in [0, 0.05) is 36.6 Å². The molecule has 25 heavy (non-hydrogen) atoms. The molecule has 140 valence electrons. The fourth-order valence-corrected chi connectivity index (χ4v) is 4.03. The number of benzene rings is 1. The summed E-state index contributed by atoms with van der Waals surface area (Å²) >= 11 is 1.70. The molecule has 1 N–H and O–H groups in total. The smallest absolute Gasteiger partial charge is 0.223 e. The second-order valence-corrected chi connectivity index (χ2v) is 7.48. The van der Waals surface area contributed by atoms with E-state index in [0.717, 1.165) is 54.6 Å². The highest BCUT2D eigenvalue weighted by Crippen LogP contribution is 2.34. The van der Waals surface area contributed by atoms with Crippen LogP contribution in [0.4, 0.5) is 0 Å². The van der Waals surface area contributed by atoms with E-state index >= 15 is 0 Å². The molecule has 0 saturated carbocycles. The molecule has 0 bridgehead atoms. The van der Waals surface area contributed by atoms with Crippen LogP contribution in [-0.4, -0.2) is 56.5 Å². The molecule has 7 heteroatoms. The highest BCUT2D eigenvalue weighted by Gasteiger charge is 2.25. The van der Waals surface area contributed by atoms with E-state index < -0.39 is 0 Å². The van der Waals surface area contributed by atoms with Gasteiger partial charge in [-0.1, -0.05) is 0 Å². The van der Waals surface area contributed by atoms with Crippen molar-refractivity contribution in [2.75, 3.05) is 45.6 Å². The van der Waals surface area contributed by atoms with Crippen molar-refractivity contribution in [1.29, 1.82) is 0 Å². The molecule has 0 radical (unpaired) electrons. The molecular weight excluding hydrogens is 360 g/mol. The first kappa shape index (κ1) is 20.2. The summed E-state index contributed by atoms with van der Waals surface area (Å²) in [6.45, 7) is 4.20. The second-order valence-electron chi connectivity index (χ2n) is 6.31. The Morgan fingerprint density at radius 2 is 2.12 bits per heavy atom. The number of ether oxygens (including phenoxy) is 2. The van der Waals surface area contributed by atoms with Crippen LogP contribution in [0.15, 0.2) is 23.1 Å². The van der Waals surface area contributed by atoms with E-state index in [-0.39, 0.29) is 18.3 Å². The number of nitrogens with one attached hydrogen (secondary N) is 1. The first-order chi connectivity index (χ1) is 11.8. The van der Waals surface area contributed by atoms with Gasteiger partial charge in [-0.3, -0.25) is 4.79 Å². The van der Waals surface area contributed by atoms with Crippen LogP contribution in [0.5, 0.6) is 11.5 Å². The number of amides is 1. The fraction of sp³-hybridized carbons (Fsp3) is 0.611. The first-order valence-corrected chi connectivity index (χ1v) is 9.69. The number of hydrogen-bond acceptors (Lipinski definition) is 5. The van der Waals surface area contributed by atoms with Gasteiger partial charge in [-0.25, -0.2) is 0 Å². The summed E-state index contributed by atoms with van der Waals surface area (Å²) in [5.41, 5.74) is 0. The fourth-order valence-electron chi connectivity index (χ4n) is 3.16. The zero-order valence-electron chi connectivity index (χ0n) is 14.7. The minimum Gasteiger partial charge on any atom is -0.490 e. The summed E-state index contributed by atoms with van der Waals surface area (Å²) in [6, 6.07) is 6.03. The number of carbonyl (C=O) groups excluding carboxylic acids is 1. The van der Waals surface area contributed by atoms with Crippen LogP contribution >= 0.6 is 24.2 Å². The third kappa shape index (κ3) is 5.69. The Bertz CT molecular complexity index is 573. The Labute approximate surface area is 160 Å². The van der Waals surface area contributed by atoms with Crippen LogP contribution in [-0.2, 0) is 4.79 Å². The molecule has 1 unspecified atom stereocenters. The zero-order valence-corrected chi connectivity index (χ0v) is 16.3. The van der Waals surface area contributed by atoms with Crippen LogP contribution in [0.3, 0.4) is 0 Å². The predicted molar refractivity (Wildman–Crippen MR) is 103 cm³/mol. The highest BCUT2D eigenvalue weighted by molar-refractivity contribution is 7.99. The molecule has 2 aliphatic rings. The zero-order chi connectivity index (χ0) is 16.8. The van der Waals surface area contributed by atoms with Gasteiger partial charge >= 0.3 is 0 Å². The number of hydrogen-bond donors (Lipinski definition) is 1. The lowest BCUT2D eigenvalue weighted by atomic mass is 10.1. The van der Waals surface area contributed by atoms with Crippen molar-refractivity contribution in [2.24, 2.45) is 5.92 Å². The Morgan fingerprint density at radius 3 is 2.92 bits per heavy atom. The van der Waals surface area contributed by atoms with Crippen molar-refractivity contribution < 1.29 is 14.3 Å². The topological polar surface area (TPSA) is 50.8 Å². The van der Waals surface area contributed by atoms with Crippen molar-refractivity contribution in [1.82, 2.24) is 10.2 Å². The maximum Gasteiger partial charge on any atom is 0.223 e. The average Bonchev–Trinajstić information content (AvgIpc) is 2.92. The van der Waals surface area contributed by atoms with Gasteiger partial charge in [0.2, 0.25) is 5.91 Å². The first-order valence-electron chi connectivity index (χ1n) is 8.71. The van der Waals surface area contributed by atoms with E-state index in [4.69, 9.17) is 9.47 Å². The lowest BCUT2D eigenvalue weighted by Gasteiger charge is -2.16. The van der Waals surface area contributed by atoms with E-state index in [1.165, 1.54) is 0 Å². The predicted octanol–water partition coefficient (Wildman–Crippen LogP) is 2.82. The van der Waals surface area contributed by atoms with Crippen LogP contribution in [0, 0.1) is 5.92 Å². The maximum atomic E-state index is 12.3. The molecule has 2 heterocycles. The van der Waals surface area contributed by atoms with Crippen LogP contribution < -0.4 is 14.8 Å². The van der Waals surface area contributed by atoms with Gasteiger partial charge in [-0.15, -0.1) is 24.2 Å². The summed E-state index contributed by atoms with van der Waals surface area (Å²) in [6.07, 6.45) is 2.61. The third-order valence-corrected chi connectivity index (χ3v) is 5.43. The third-order valence-electron chi connectivity index (χ3n) is 4.43. The number of carbonyl (C=O) groups is 1. The minimum absolute atomic E-state index is 0. The number of fused-ring (bicyclic) bond motifs is 1. The summed E-state index contributed by atoms with van der Waals surface area (Å²) in [7, 11) is 1.97. The maximum absolute atomic E-state index is 12.3. The Morgan fingerprint density at radius 1 is 1.32 bits per heavy atom. The molecule has 2 aliphatic heterocycles. The largest absolute Gasteiger partial charge is 0.490 e. The molecule has 1 aromatic rings. The molecule has 0 aliphatic carbocycles. The monoisotopic (exact) mass is 386 g/mol. The lowest BCUT2D eigenvalue weighted by Crippen LogP contribution is -2.30. The lowest BCUT2D eigenvalue weighted by molar-refractivity contribution is -0.129. The van der Waals surface area contributed by atoms with Crippen molar-refractivity contribution in [3.63, 3.8) is 0 Å². The average molecular weight is 387 g/mol. The molecular formula is C18H27ClN2O3S. The van der Waals surface area contributed by atoms with E-state index in [0.29, 0.717) is 25.6 Å². The summed E-state index contributed by atoms with van der Waals surface area (Å²) < 4.78 is 11.4. The van der Waals surface area contributed by atoms with E-state index in [2.05, 4.69) is 5.32 Å². The van der Waals surface area contributed by atoms with Gasteiger partial charge in [0.25, 0.3) is 0 Å². The molecule has 0 spiro atoms. The van der Waals surface area contributed by atoms with E-state index in [1.807, 2.05) is 30.1 Å². The van der Waals surface area contributed by atoms with E-state index in [9.17, 15) is 4.79 Å². The number of thioether (sulfide) groups is 1. The molecule has 0 aromatic heterocycles. The Balaban J connectivity index is 0.00000225. The van der Waals surface area contributed by atoms with Gasteiger partial charge in [0.05, 0.1) is 13.2 Å². The quantitative estimate of drug-likeness (QED) is 0.762. The molecule has 1 amide bonds. The second kappa shape index (κ2) is 10.1. The van der Waals surface area contributed by atoms with Gasteiger partial charge in [0.1, 0.15) is 0 Å². The van der Waals surface area contributed by atoms with Crippen LogP contribution in [0.25, 0.3) is 0 Å². The highest BCUT2D eigenvalue weighted by atomic mass is 35.5. The Kier molecular flexibility index (Phi) is 8.19. The van der Waals surface area contributed by atoms with Gasteiger partial charge in [-0.05, 0) is 44.1 Å². The number of likely N-dealkylation sites (tertiary alicyclic amines) is 1. The molecule has 1 fully saturated rings. The van der Waals surface area contributed by atoms with Crippen LogP contribution in [0.1, 0.15) is 19.3 Å². The van der Waals surface area contributed by atoms with Gasteiger partial charge in [0.15, 0.2) is 11.5 Å². The molecule has 1 saturated heterocycles.